The predicted octanol–water partition coefficient (Wildman–Crippen LogP) is 3.24. The van der Waals surface area contributed by atoms with Crippen molar-refractivity contribution in [2.45, 2.75) is 27.2 Å². The number of hydrogen-bond acceptors (Lipinski definition) is 4. The van der Waals surface area contributed by atoms with E-state index in [0.29, 0.717) is 0 Å². The standard InChI is InChI=1S/C16H21FN4/c1-10-9-14(17)6-5-13(10)7-8-19-16-11(2)15(18-4)20-12(3)21-16/h5-6,9H,7-8H2,1-4H3,(H2,18,19,20,21). The van der Waals surface area contributed by atoms with Crippen molar-refractivity contribution in [2.75, 3.05) is 24.2 Å². The summed E-state index contributed by atoms with van der Waals surface area (Å²) in [4.78, 5) is 8.76. The average molecular weight is 288 g/mol. The third-order valence-electron chi connectivity index (χ3n) is 3.49. The Kier molecular flexibility index (Phi) is 4.73. The lowest BCUT2D eigenvalue weighted by Crippen LogP contribution is -2.11. The highest BCUT2D eigenvalue weighted by molar-refractivity contribution is 5.56. The fraction of sp³-hybridized carbons (Fsp3) is 0.375. The van der Waals surface area contributed by atoms with Gasteiger partial charge in [-0.25, -0.2) is 14.4 Å². The average Bonchev–Trinajstić information content (AvgIpc) is 2.44. The van der Waals surface area contributed by atoms with Crippen molar-refractivity contribution in [3.63, 3.8) is 0 Å². The number of halogens is 1. The second kappa shape index (κ2) is 6.52. The topological polar surface area (TPSA) is 49.8 Å². The predicted molar refractivity (Wildman–Crippen MR) is 84.4 cm³/mol. The molecule has 5 heteroatoms. The van der Waals surface area contributed by atoms with E-state index in [0.717, 1.165) is 47.1 Å². The first-order valence-electron chi connectivity index (χ1n) is 7.03. The molecule has 0 atom stereocenters. The van der Waals surface area contributed by atoms with Crippen LogP contribution in [0.15, 0.2) is 18.2 Å². The van der Waals surface area contributed by atoms with Gasteiger partial charge in [0.15, 0.2) is 0 Å². The van der Waals surface area contributed by atoms with Gasteiger partial charge in [-0.3, -0.25) is 0 Å². The van der Waals surface area contributed by atoms with Gasteiger partial charge in [-0.05, 0) is 50.5 Å². The highest BCUT2D eigenvalue weighted by Gasteiger charge is 2.08. The van der Waals surface area contributed by atoms with Gasteiger partial charge in [0, 0.05) is 19.2 Å². The molecule has 0 bridgehead atoms. The number of hydrogen-bond donors (Lipinski definition) is 2. The minimum atomic E-state index is -0.190. The van der Waals surface area contributed by atoms with Crippen molar-refractivity contribution in [1.29, 1.82) is 0 Å². The van der Waals surface area contributed by atoms with E-state index in [-0.39, 0.29) is 5.82 Å². The SMILES string of the molecule is CNc1nc(C)nc(NCCc2ccc(F)cc2C)c1C. The molecule has 0 unspecified atom stereocenters. The molecule has 1 aromatic carbocycles. The lowest BCUT2D eigenvalue weighted by molar-refractivity contribution is 0.625. The monoisotopic (exact) mass is 288 g/mol. The normalized spacial score (nSPS) is 10.5. The Morgan fingerprint density at radius 2 is 1.81 bits per heavy atom. The van der Waals surface area contributed by atoms with Gasteiger partial charge in [0.05, 0.1) is 0 Å². The summed E-state index contributed by atoms with van der Waals surface area (Å²) >= 11 is 0. The Morgan fingerprint density at radius 3 is 2.48 bits per heavy atom. The molecule has 0 fully saturated rings. The maximum atomic E-state index is 13.1. The molecule has 0 saturated heterocycles. The summed E-state index contributed by atoms with van der Waals surface area (Å²) in [5.74, 6) is 2.21. The Labute approximate surface area is 124 Å². The van der Waals surface area contributed by atoms with E-state index in [4.69, 9.17) is 0 Å². The Morgan fingerprint density at radius 1 is 1.10 bits per heavy atom. The Hall–Kier alpha value is -2.17. The third kappa shape index (κ3) is 3.68. The molecule has 21 heavy (non-hydrogen) atoms. The molecule has 2 N–H and O–H groups in total. The van der Waals surface area contributed by atoms with E-state index in [2.05, 4.69) is 20.6 Å². The first kappa shape index (κ1) is 15.2. The molecule has 0 aliphatic heterocycles. The Bertz CT molecular complexity index is 640. The van der Waals surface area contributed by atoms with E-state index in [1.807, 2.05) is 33.9 Å². The van der Waals surface area contributed by atoms with Crippen LogP contribution in [0, 0.1) is 26.6 Å². The van der Waals surface area contributed by atoms with Crippen LogP contribution in [0.5, 0.6) is 0 Å². The lowest BCUT2D eigenvalue weighted by Gasteiger charge is -2.13. The fourth-order valence-electron chi connectivity index (χ4n) is 2.30. The summed E-state index contributed by atoms with van der Waals surface area (Å²) < 4.78 is 13.1. The highest BCUT2D eigenvalue weighted by atomic mass is 19.1. The molecule has 2 aromatic rings. The molecule has 0 amide bonds. The van der Waals surface area contributed by atoms with Crippen molar-refractivity contribution in [3.8, 4) is 0 Å². The van der Waals surface area contributed by atoms with Crippen LogP contribution in [0.3, 0.4) is 0 Å². The molecule has 0 saturated carbocycles. The molecule has 0 spiro atoms. The van der Waals surface area contributed by atoms with E-state index in [1.54, 1.807) is 6.07 Å². The van der Waals surface area contributed by atoms with Gasteiger partial charge in [-0.15, -0.1) is 0 Å². The van der Waals surface area contributed by atoms with Gasteiger partial charge in [0.25, 0.3) is 0 Å². The zero-order valence-electron chi connectivity index (χ0n) is 12.9. The number of nitrogens with zero attached hydrogens (tertiary/aromatic N) is 2. The van der Waals surface area contributed by atoms with Crippen molar-refractivity contribution in [2.24, 2.45) is 0 Å². The van der Waals surface area contributed by atoms with Crippen molar-refractivity contribution in [3.05, 3.63) is 46.5 Å². The summed E-state index contributed by atoms with van der Waals surface area (Å²) in [6.45, 7) is 6.52. The summed E-state index contributed by atoms with van der Waals surface area (Å²) in [7, 11) is 1.85. The lowest BCUT2D eigenvalue weighted by atomic mass is 10.1. The van der Waals surface area contributed by atoms with Crippen LogP contribution < -0.4 is 10.6 Å². The quantitative estimate of drug-likeness (QED) is 0.887. The van der Waals surface area contributed by atoms with E-state index in [1.165, 1.54) is 6.07 Å². The van der Waals surface area contributed by atoms with Gasteiger partial charge in [0.2, 0.25) is 0 Å². The molecule has 0 aliphatic carbocycles. The maximum Gasteiger partial charge on any atom is 0.134 e. The summed E-state index contributed by atoms with van der Waals surface area (Å²) in [5.41, 5.74) is 3.11. The second-order valence-electron chi connectivity index (χ2n) is 5.09. The molecule has 1 heterocycles. The van der Waals surface area contributed by atoms with Gasteiger partial charge in [-0.1, -0.05) is 6.07 Å². The maximum absolute atomic E-state index is 13.1. The minimum Gasteiger partial charge on any atom is -0.373 e. The third-order valence-corrected chi connectivity index (χ3v) is 3.49. The minimum absolute atomic E-state index is 0.190. The van der Waals surface area contributed by atoms with Crippen molar-refractivity contribution in [1.82, 2.24) is 9.97 Å². The molecule has 0 radical (unpaired) electrons. The van der Waals surface area contributed by atoms with Gasteiger partial charge >= 0.3 is 0 Å². The van der Waals surface area contributed by atoms with Crippen molar-refractivity contribution < 1.29 is 4.39 Å². The molecular weight excluding hydrogens is 267 g/mol. The van der Waals surface area contributed by atoms with Crippen LogP contribution >= 0.6 is 0 Å². The summed E-state index contributed by atoms with van der Waals surface area (Å²) in [6, 6.07) is 4.90. The molecular formula is C16H21FN4. The first-order valence-corrected chi connectivity index (χ1v) is 7.03. The number of rotatable bonds is 5. The number of nitrogens with one attached hydrogen (secondary N) is 2. The first-order chi connectivity index (χ1) is 10.0. The van der Waals surface area contributed by atoms with Gasteiger partial charge < -0.3 is 10.6 Å². The fourth-order valence-corrected chi connectivity index (χ4v) is 2.30. The zero-order valence-corrected chi connectivity index (χ0v) is 12.9. The molecule has 2 rings (SSSR count). The largest absolute Gasteiger partial charge is 0.373 e. The number of anilines is 2. The van der Waals surface area contributed by atoms with E-state index >= 15 is 0 Å². The number of aromatic nitrogens is 2. The van der Waals surface area contributed by atoms with Crippen LogP contribution in [0.25, 0.3) is 0 Å². The molecule has 0 aliphatic rings. The van der Waals surface area contributed by atoms with Crippen LogP contribution in [0.4, 0.5) is 16.0 Å². The summed E-state index contributed by atoms with van der Waals surface area (Å²) in [6.07, 6.45) is 0.823. The van der Waals surface area contributed by atoms with Crippen LogP contribution in [0.1, 0.15) is 22.5 Å². The van der Waals surface area contributed by atoms with Crippen LogP contribution in [-0.2, 0) is 6.42 Å². The second-order valence-corrected chi connectivity index (χ2v) is 5.09. The van der Waals surface area contributed by atoms with E-state index in [9.17, 15) is 4.39 Å². The van der Waals surface area contributed by atoms with Gasteiger partial charge in [-0.2, -0.15) is 0 Å². The van der Waals surface area contributed by atoms with Crippen LogP contribution in [-0.4, -0.2) is 23.6 Å². The summed E-state index contributed by atoms with van der Waals surface area (Å²) in [5, 5.41) is 6.40. The smallest absolute Gasteiger partial charge is 0.134 e. The Balaban J connectivity index is 2.05. The van der Waals surface area contributed by atoms with Crippen LogP contribution in [0.2, 0.25) is 0 Å². The van der Waals surface area contributed by atoms with E-state index < -0.39 is 0 Å². The molecule has 4 nitrogen and oxygen atoms in total. The molecule has 112 valence electrons. The number of benzene rings is 1. The number of aryl methyl sites for hydroxylation is 2. The van der Waals surface area contributed by atoms with Crippen molar-refractivity contribution >= 4 is 11.6 Å². The zero-order chi connectivity index (χ0) is 15.4. The van der Waals surface area contributed by atoms with Gasteiger partial charge in [0.1, 0.15) is 23.3 Å². The molecule has 1 aromatic heterocycles. The highest BCUT2D eigenvalue weighted by Crippen LogP contribution is 2.19.